The zero-order valence-corrected chi connectivity index (χ0v) is 15.7. The number of nitro benzene ring substituents is 1. The van der Waals surface area contributed by atoms with Crippen LogP contribution in [0.4, 0.5) is 11.4 Å². The molecule has 2 amide bonds. The lowest BCUT2D eigenvalue weighted by molar-refractivity contribution is -0.385. The number of hydrogen-bond donors (Lipinski definition) is 2. The molecule has 0 spiro atoms. The van der Waals surface area contributed by atoms with Crippen LogP contribution in [-0.4, -0.2) is 34.7 Å². The molecule has 1 aliphatic heterocycles. The molecule has 146 valence electrons. The van der Waals surface area contributed by atoms with Crippen LogP contribution in [0.25, 0.3) is 0 Å². The summed E-state index contributed by atoms with van der Waals surface area (Å²) in [6.07, 6.45) is 1.93. The summed E-state index contributed by atoms with van der Waals surface area (Å²) in [5, 5.41) is 14.9. The average molecular weight is 403 g/mol. The molecule has 0 aliphatic carbocycles. The number of carbonyl (C=O) groups excluding carboxylic acids is 2. The second-order valence-electron chi connectivity index (χ2n) is 6.51. The third kappa shape index (κ3) is 4.23. The average Bonchev–Trinajstić information content (AvgIpc) is 3.20. The van der Waals surface area contributed by atoms with Crippen LogP contribution in [0.15, 0.2) is 36.4 Å². The highest BCUT2D eigenvalue weighted by molar-refractivity contribution is 6.31. The van der Waals surface area contributed by atoms with Crippen LogP contribution in [0, 0.1) is 10.1 Å². The molecule has 1 fully saturated rings. The number of halogens is 1. The zero-order chi connectivity index (χ0) is 20.3. The predicted molar refractivity (Wildman–Crippen MR) is 106 cm³/mol. The molecule has 9 heteroatoms. The SMILES string of the molecule is NC(=O)c1ccc(CNc2ccc(Cl)cc2C(=O)N2CCCC2)c([N+](=O)[O-])c1. The Morgan fingerprint density at radius 2 is 1.89 bits per heavy atom. The van der Waals surface area contributed by atoms with Gasteiger partial charge in [-0.3, -0.25) is 19.7 Å². The Morgan fingerprint density at radius 1 is 1.18 bits per heavy atom. The third-order valence-corrected chi connectivity index (χ3v) is 4.88. The molecule has 1 aliphatic rings. The van der Waals surface area contributed by atoms with Crippen molar-refractivity contribution in [1.82, 2.24) is 4.90 Å². The summed E-state index contributed by atoms with van der Waals surface area (Å²) in [4.78, 5) is 36.6. The lowest BCUT2D eigenvalue weighted by Crippen LogP contribution is -2.28. The van der Waals surface area contributed by atoms with E-state index in [0.717, 1.165) is 18.9 Å². The number of nitrogens with two attached hydrogens (primary N) is 1. The maximum atomic E-state index is 12.8. The van der Waals surface area contributed by atoms with Crippen LogP contribution >= 0.6 is 11.6 Å². The van der Waals surface area contributed by atoms with Gasteiger partial charge in [0.15, 0.2) is 0 Å². The Hall–Kier alpha value is -3.13. The van der Waals surface area contributed by atoms with E-state index in [-0.39, 0.29) is 23.7 Å². The van der Waals surface area contributed by atoms with Gasteiger partial charge in [0.1, 0.15) is 0 Å². The van der Waals surface area contributed by atoms with Gasteiger partial charge in [-0.25, -0.2) is 0 Å². The highest BCUT2D eigenvalue weighted by Crippen LogP contribution is 2.26. The summed E-state index contributed by atoms with van der Waals surface area (Å²) in [5.41, 5.74) is 6.36. The van der Waals surface area contributed by atoms with E-state index in [1.54, 1.807) is 23.1 Å². The van der Waals surface area contributed by atoms with Gasteiger partial charge in [0.05, 0.1) is 10.5 Å². The van der Waals surface area contributed by atoms with Gasteiger partial charge in [-0.2, -0.15) is 0 Å². The monoisotopic (exact) mass is 402 g/mol. The highest BCUT2D eigenvalue weighted by Gasteiger charge is 2.23. The fourth-order valence-corrected chi connectivity index (χ4v) is 3.34. The Labute approximate surface area is 166 Å². The first-order valence-electron chi connectivity index (χ1n) is 8.76. The van der Waals surface area contributed by atoms with Crippen LogP contribution in [0.1, 0.15) is 39.1 Å². The van der Waals surface area contributed by atoms with E-state index in [9.17, 15) is 19.7 Å². The summed E-state index contributed by atoms with van der Waals surface area (Å²) in [5.74, 6) is -0.861. The molecule has 28 heavy (non-hydrogen) atoms. The van der Waals surface area contributed by atoms with Crippen molar-refractivity contribution < 1.29 is 14.5 Å². The van der Waals surface area contributed by atoms with E-state index in [2.05, 4.69) is 5.32 Å². The molecule has 0 radical (unpaired) electrons. The zero-order valence-electron chi connectivity index (χ0n) is 15.0. The molecule has 2 aromatic rings. The molecule has 0 atom stereocenters. The Balaban J connectivity index is 1.86. The van der Waals surface area contributed by atoms with Crippen LogP contribution in [0.5, 0.6) is 0 Å². The fraction of sp³-hybridized carbons (Fsp3) is 0.263. The molecule has 8 nitrogen and oxygen atoms in total. The van der Waals surface area contributed by atoms with Gasteiger partial charge >= 0.3 is 0 Å². The smallest absolute Gasteiger partial charge is 0.275 e. The minimum atomic E-state index is -0.737. The molecule has 2 aromatic carbocycles. The highest BCUT2D eigenvalue weighted by atomic mass is 35.5. The van der Waals surface area contributed by atoms with E-state index in [0.29, 0.717) is 34.9 Å². The number of hydrogen-bond acceptors (Lipinski definition) is 5. The molecular formula is C19H19ClN4O4. The summed E-state index contributed by atoms with van der Waals surface area (Å²) in [6.45, 7) is 1.49. The standard InChI is InChI=1S/C19H19ClN4O4/c20-14-5-6-16(15(10-14)19(26)23-7-1-2-8-23)22-11-13-4-3-12(18(21)25)9-17(13)24(27)28/h3-6,9-10,22H,1-2,7-8,11H2,(H2,21,25). The van der Waals surface area contributed by atoms with E-state index in [1.165, 1.54) is 12.1 Å². The van der Waals surface area contributed by atoms with Gasteiger partial charge < -0.3 is 16.0 Å². The predicted octanol–water partition coefficient (Wildman–Crippen LogP) is 3.20. The first-order valence-corrected chi connectivity index (χ1v) is 9.14. The number of nitrogens with zero attached hydrogens (tertiary/aromatic N) is 2. The third-order valence-electron chi connectivity index (χ3n) is 4.64. The number of primary amides is 1. The van der Waals surface area contributed by atoms with Crippen molar-refractivity contribution in [3.8, 4) is 0 Å². The summed E-state index contributed by atoms with van der Waals surface area (Å²) in [7, 11) is 0. The van der Waals surface area contributed by atoms with Gasteiger partial charge in [0, 0.05) is 47.5 Å². The Kier molecular flexibility index (Phi) is 5.79. The first-order chi connectivity index (χ1) is 13.4. The molecule has 0 bridgehead atoms. The van der Waals surface area contributed by atoms with Crippen LogP contribution < -0.4 is 11.1 Å². The van der Waals surface area contributed by atoms with Crippen molar-refractivity contribution in [2.45, 2.75) is 19.4 Å². The minimum Gasteiger partial charge on any atom is -0.380 e. The second-order valence-corrected chi connectivity index (χ2v) is 6.94. The summed E-state index contributed by atoms with van der Waals surface area (Å²) < 4.78 is 0. The van der Waals surface area contributed by atoms with Crippen LogP contribution in [-0.2, 0) is 6.54 Å². The molecule has 1 heterocycles. The van der Waals surface area contributed by atoms with Gasteiger partial charge in [-0.1, -0.05) is 11.6 Å². The number of carbonyl (C=O) groups is 2. The van der Waals surface area contributed by atoms with E-state index >= 15 is 0 Å². The molecule has 0 aromatic heterocycles. The van der Waals surface area contributed by atoms with Crippen molar-refractivity contribution in [3.63, 3.8) is 0 Å². The van der Waals surface area contributed by atoms with Gasteiger partial charge in [-0.05, 0) is 43.2 Å². The Morgan fingerprint density at radius 3 is 2.54 bits per heavy atom. The van der Waals surface area contributed by atoms with Crippen molar-refractivity contribution in [2.24, 2.45) is 5.73 Å². The molecular weight excluding hydrogens is 384 g/mol. The first kappa shape index (κ1) is 19.6. The molecule has 3 N–H and O–H groups in total. The van der Waals surface area contributed by atoms with E-state index in [4.69, 9.17) is 17.3 Å². The number of nitrogens with one attached hydrogen (secondary N) is 1. The lowest BCUT2D eigenvalue weighted by Gasteiger charge is -2.18. The summed E-state index contributed by atoms with van der Waals surface area (Å²) in [6, 6.07) is 8.98. The molecule has 0 saturated carbocycles. The minimum absolute atomic E-state index is 0.0619. The molecule has 0 unspecified atom stereocenters. The second kappa shape index (κ2) is 8.26. The van der Waals surface area contributed by atoms with Crippen molar-refractivity contribution in [2.75, 3.05) is 18.4 Å². The number of anilines is 1. The summed E-state index contributed by atoms with van der Waals surface area (Å²) >= 11 is 6.07. The fourth-order valence-electron chi connectivity index (χ4n) is 3.17. The quantitative estimate of drug-likeness (QED) is 0.568. The van der Waals surface area contributed by atoms with Crippen LogP contribution in [0.3, 0.4) is 0 Å². The van der Waals surface area contributed by atoms with Crippen molar-refractivity contribution in [3.05, 3.63) is 68.2 Å². The van der Waals surface area contributed by atoms with E-state index < -0.39 is 10.8 Å². The normalized spacial score (nSPS) is 13.4. The van der Waals surface area contributed by atoms with Gasteiger partial charge in [0.2, 0.25) is 5.91 Å². The Bertz CT molecular complexity index is 942. The maximum absolute atomic E-state index is 12.8. The topological polar surface area (TPSA) is 119 Å². The van der Waals surface area contributed by atoms with E-state index in [1.807, 2.05) is 0 Å². The maximum Gasteiger partial charge on any atom is 0.275 e. The number of likely N-dealkylation sites (tertiary alicyclic amines) is 1. The van der Waals surface area contributed by atoms with Gasteiger partial charge in [0.25, 0.3) is 11.6 Å². The molecule has 1 saturated heterocycles. The number of benzene rings is 2. The van der Waals surface area contributed by atoms with Crippen molar-refractivity contribution in [1.29, 1.82) is 0 Å². The number of amides is 2. The van der Waals surface area contributed by atoms with Gasteiger partial charge in [-0.15, -0.1) is 0 Å². The number of rotatable bonds is 6. The van der Waals surface area contributed by atoms with Crippen LogP contribution in [0.2, 0.25) is 5.02 Å². The van der Waals surface area contributed by atoms with Crippen molar-refractivity contribution >= 4 is 34.8 Å². The lowest BCUT2D eigenvalue weighted by atomic mass is 10.1. The number of nitro groups is 1. The largest absolute Gasteiger partial charge is 0.380 e. The molecule has 3 rings (SSSR count).